The first-order chi connectivity index (χ1) is 13.1. The zero-order chi connectivity index (χ0) is 20.9. The summed E-state index contributed by atoms with van der Waals surface area (Å²) >= 11 is 0. The van der Waals surface area contributed by atoms with Crippen molar-refractivity contribution in [1.29, 1.82) is 0 Å². The molecule has 0 spiro atoms. The van der Waals surface area contributed by atoms with Crippen LogP contribution in [0.4, 0.5) is 13.2 Å². The second-order valence-corrected chi connectivity index (χ2v) is 6.29. The van der Waals surface area contributed by atoms with Gasteiger partial charge < -0.3 is 20.1 Å². The van der Waals surface area contributed by atoms with E-state index in [1.165, 1.54) is 19.1 Å². The largest absolute Gasteiger partial charge is 0.466 e. The predicted octanol–water partition coefficient (Wildman–Crippen LogP) is 1.61. The second kappa shape index (κ2) is 8.59. The van der Waals surface area contributed by atoms with Crippen LogP contribution < -0.4 is 5.32 Å². The SMILES string of the molecule is CCOC(=O)CCN1C(=O)[C@H](NC(=O)c2ccccc2)CC[C@@]1(O)C(F)(F)F. The van der Waals surface area contributed by atoms with Gasteiger partial charge in [-0.15, -0.1) is 0 Å². The number of carbonyl (C=O) groups is 3. The van der Waals surface area contributed by atoms with Crippen LogP contribution in [0, 0.1) is 0 Å². The van der Waals surface area contributed by atoms with Crippen LogP contribution in [-0.2, 0) is 14.3 Å². The van der Waals surface area contributed by atoms with E-state index in [4.69, 9.17) is 0 Å². The Labute approximate surface area is 159 Å². The number of piperidine rings is 1. The molecule has 1 aromatic carbocycles. The highest BCUT2D eigenvalue weighted by molar-refractivity contribution is 5.97. The third-order valence-electron chi connectivity index (χ3n) is 4.43. The quantitative estimate of drug-likeness (QED) is 0.705. The smallest absolute Gasteiger partial charge is 0.436 e. The maximum Gasteiger partial charge on any atom is 0.436 e. The highest BCUT2D eigenvalue weighted by Gasteiger charge is 2.62. The molecule has 10 heteroatoms. The molecule has 1 heterocycles. The summed E-state index contributed by atoms with van der Waals surface area (Å²) in [7, 11) is 0. The van der Waals surface area contributed by atoms with Crippen LogP contribution in [0.1, 0.15) is 36.5 Å². The maximum absolute atomic E-state index is 13.4. The summed E-state index contributed by atoms with van der Waals surface area (Å²) in [5.41, 5.74) is -3.17. The van der Waals surface area contributed by atoms with Crippen molar-refractivity contribution >= 4 is 17.8 Å². The van der Waals surface area contributed by atoms with Crippen molar-refractivity contribution in [2.75, 3.05) is 13.2 Å². The number of hydrogen-bond acceptors (Lipinski definition) is 5. The number of amides is 2. The second-order valence-electron chi connectivity index (χ2n) is 6.29. The molecule has 0 bridgehead atoms. The number of alkyl halides is 3. The molecule has 2 rings (SSSR count). The molecule has 0 radical (unpaired) electrons. The Kier molecular flexibility index (Phi) is 6.65. The number of nitrogens with one attached hydrogen (secondary N) is 1. The van der Waals surface area contributed by atoms with Crippen LogP contribution in [-0.4, -0.2) is 58.9 Å². The minimum atomic E-state index is -5.12. The number of likely N-dealkylation sites (tertiary alicyclic amines) is 1. The molecule has 1 aliphatic rings. The van der Waals surface area contributed by atoms with Gasteiger partial charge >= 0.3 is 12.1 Å². The zero-order valence-corrected chi connectivity index (χ0v) is 15.2. The third-order valence-corrected chi connectivity index (χ3v) is 4.43. The molecule has 2 atom stereocenters. The van der Waals surface area contributed by atoms with Crippen molar-refractivity contribution in [1.82, 2.24) is 10.2 Å². The van der Waals surface area contributed by atoms with Gasteiger partial charge in [0, 0.05) is 18.5 Å². The van der Waals surface area contributed by atoms with Gasteiger partial charge in [-0.05, 0) is 25.5 Å². The van der Waals surface area contributed by atoms with E-state index in [9.17, 15) is 32.7 Å². The highest BCUT2D eigenvalue weighted by Crippen LogP contribution is 2.40. The molecule has 0 aliphatic carbocycles. The number of nitrogens with zero attached hydrogens (tertiary/aromatic N) is 1. The Morgan fingerprint density at radius 2 is 1.96 bits per heavy atom. The van der Waals surface area contributed by atoms with Gasteiger partial charge in [-0.1, -0.05) is 18.2 Å². The molecule has 1 fully saturated rings. The topological polar surface area (TPSA) is 95.9 Å². The van der Waals surface area contributed by atoms with Gasteiger partial charge in [-0.25, -0.2) is 0 Å². The predicted molar refractivity (Wildman–Crippen MR) is 90.9 cm³/mol. The average molecular weight is 402 g/mol. The fraction of sp³-hybridized carbons (Fsp3) is 0.500. The summed E-state index contributed by atoms with van der Waals surface area (Å²) in [5, 5.41) is 12.6. The van der Waals surface area contributed by atoms with E-state index in [2.05, 4.69) is 10.1 Å². The molecule has 7 nitrogen and oxygen atoms in total. The molecule has 2 amide bonds. The van der Waals surface area contributed by atoms with E-state index >= 15 is 0 Å². The minimum absolute atomic E-state index is 0.0338. The Morgan fingerprint density at radius 1 is 1.32 bits per heavy atom. The minimum Gasteiger partial charge on any atom is -0.466 e. The Balaban J connectivity index is 2.18. The fourth-order valence-corrected chi connectivity index (χ4v) is 2.97. The molecule has 1 aliphatic heterocycles. The van der Waals surface area contributed by atoms with Crippen LogP contribution in [0.2, 0.25) is 0 Å². The van der Waals surface area contributed by atoms with Crippen LogP contribution in [0.15, 0.2) is 30.3 Å². The van der Waals surface area contributed by atoms with Crippen LogP contribution in [0.5, 0.6) is 0 Å². The Morgan fingerprint density at radius 3 is 2.54 bits per heavy atom. The fourth-order valence-electron chi connectivity index (χ4n) is 2.97. The van der Waals surface area contributed by atoms with Crippen LogP contribution in [0.25, 0.3) is 0 Å². The number of aliphatic hydroxyl groups is 1. The number of carbonyl (C=O) groups excluding carboxylic acids is 3. The van der Waals surface area contributed by atoms with Gasteiger partial charge in [0.2, 0.25) is 11.6 Å². The molecule has 28 heavy (non-hydrogen) atoms. The molecule has 0 saturated carbocycles. The monoisotopic (exact) mass is 402 g/mol. The molecular weight excluding hydrogens is 381 g/mol. The summed E-state index contributed by atoms with van der Waals surface area (Å²) in [6, 6.07) is 6.62. The van der Waals surface area contributed by atoms with Gasteiger partial charge in [-0.2, -0.15) is 13.2 Å². The lowest BCUT2D eigenvalue weighted by atomic mass is 9.92. The molecule has 1 saturated heterocycles. The van der Waals surface area contributed by atoms with E-state index in [0.29, 0.717) is 0 Å². The van der Waals surface area contributed by atoms with E-state index in [0.717, 1.165) is 0 Å². The van der Waals surface area contributed by atoms with Crippen LogP contribution >= 0.6 is 0 Å². The first-order valence-corrected chi connectivity index (χ1v) is 8.72. The summed E-state index contributed by atoms with van der Waals surface area (Å²) in [6.07, 6.45) is -6.86. The van der Waals surface area contributed by atoms with Gasteiger partial charge in [0.15, 0.2) is 0 Å². The number of rotatable bonds is 6. The highest BCUT2D eigenvalue weighted by atomic mass is 19.4. The molecule has 0 aromatic heterocycles. The summed E-state index contributed by atoms with van der Waals surface area (Å²) in [6.45, 7) is 0.878. The lowest BCUT2D eigenvalue weighted by Crippen LogP contribution is -2.68. The Bertz CT molecular complexity index is 726. The van der Waals surface area contributed by atoms with Crippen molar-refractivity contribution in [2.45, 2.75) is 44.1 Å². The van der Waals surface area contributed by atoms with Gasteiger partial charge in [-0.3, -0.25) is 14.4 Å². The average Bonchev–Trinajstić information content (AvgIpc) is 2.64. The molecular formula is C18H21F3N2O5. The number of benzene rings is 1. The van der Waals surface area contributed by atoms with Gasteiger partial charge in [0.25, 0.3) is 5.91 Å². The summed E-state index contributed by atoms with van der Waals surface area (Å²) in [5.74, 6) is -2.53. The van der Waals surface area contributed by atoms with Crippen molar-refractivity contribution < 1.29 is 37.4 Å². The Hall–Kier alpha value is -2.62. The normalized spacial score (nSPS) is 22.7. The first kappa shape index (κ1) is 21.7. The van der Waals surface area contributed by atoms with E-state index in [1.807, 2.05) is 0 Å². The van der Waals surface area contributed by atoms with Crippen molar-refractivity contribution in [2.24, 2.45) is 0 Å². The summed E-state index contributed by atoms with van der Waals surface area (Å²) < 4.78 is 44.9. The number of hydrogen-bond donors (Lipinski definition) is 2. The number of ether oxygens (including phenoxy) is 1. The van der Waals surface area contributed by atoms with Gasteiger partial charge in [0.05, 0.1) is 13.0 Å². The maximum atomic E-state index is 13.4. The van der Waals surface area contributed by atoms with Crippen LogP contribution in [0.3, 0.4) is 0 Å². The summed E-state index contributed by atoms with van der Waals surface area (Å²) in [4.78, 5) is 36.6. The number of halogens is 3. The van der Waals surface area contributed by atoms with Crippen molar-refractivity contribution in [3.8, 4) is 0 Å². The van der Waals surface area contributed by atoms with E-state index in [1.54, 1.807) is 18.2 Å². The van der Waals surface area contributed by atoms with Crippen molar-refractivity contribution in [3.05, 3.63) is 35.9 Å². The number of esters is 1. The molecule has 2 N–H and O–H groups in total. The lowest BCUT2D eigenvalue weighted by molar-refractivity contribution is -0.318. The first-order valence-electron chi connectivity index (χ1n) is 8.72. The van der Waals surface area contributed by atoms with Gasteiger partial charge in [0.1, 0.15) is 6.04 Å². The molecule has 1 aromatic rings. The lowest BCUT2D eigenvalue weighted by Gasteiger charge is -2.46. The van der Waals surface area contributed by atoms with Crippen molar-refractivity contribution in [3.63, 3.8) is 0 Å². The third kappa shape index (κ3) is 4.61. The van der Waals surface area contributed by atoms with E-state index < -0.39 is 61.5 Å². The molecule has 154 valence electrons. The van der Waals surface area contributed by atoms with E-state index in [-0.39, 0.29) is 17.1 Å². The standard InChI is InChI=1S/C18H21F3N2O5/c1-2-28-14(24)9-11-23-16(26)13(8-10-17(23,27)18(19,20)21)22-15(25)12-6-4-3-5-7-12/h3-7,13,27H,2,8-11H2,1H3,(H,22,25)/t13-,17-/m1/s1. The molecule has 0 unspecified atom stereocenters. The zero-order valence-electron chi connectivity index (χ0n) is 15.2.